The van der Waals surface area contributed by atoms with Crippen molar-refractivity contribution in [3.63, 3.8) is 0 Å². The second-order valence-corrected chi connectivity index (χ2v) is 4.62. The van der Waals surface area contributed by atoms with Crippen LogP contribution in [0.1, 0.15) is 5.69 Å². The van der Waals surface area contributed by atoms with Gasteiger partial charge >= 0.3 is 0 Å². The van der Waals surface area contributed by atoms with Crippen molar-refractivity contribution in [1.29, 1.82) is 0 Å². The molecule has 0 bridgehead atoms. The van der Waals surface area contributed by atoms with E-state index >= 15 is 0 Å². The van der Waals surface area contributed by atoms with Gasteiger partial charge in [0.05, 0.1) is 12.2 Å². The first kappa shape index (κ1) is 13.4. The summed E-state index contributed by atoms with van der Waals surface area (Å²) in [6, 6.07) is 9.93. The van der Waals surface area contributed by atoms with E-state index in [0.29, 0.717) is 6.61 Å². The number of rotatable bonds is 7. The molecule has 0 aliphatic rings. The highest BCUT2D eigenvalue weighted by molar-refractivity contribution is 5.48. The highest BCUT2D eigenvalue weighted by Gasteiger charge is 1.98. The van der Waals surface area contributed by atoms with Gasteiger partial charge in [-0.3, -0.25) is 5.10 Å². The molecule has 0 aliphatic heterocycles. The molecule has 0 amide bonds. The predicted molar refractivity (Wildman–Crippen MR) is 76.4 cm³/mol. The van der Waals surface area contributed by atoms with Crippen LogP contribution in [0.5, 0.6) is 5.75 Å². The first-order valence-electron chi connectivity index (χ1n) is 6.34. The summed E-state index contributed by atoms with van der Waals surface area (Å²) in [4.78, 5) is 2.10. The fraction of sp³-hybridized carbons (Fsp3) is 0.357. The van der Waals surface area contributed by atoms with Crippen LogP contribution in [-0.2, 0) is 6.54 Å². The van der Waals surface area contributed by atoms with E-state index in [1.807, 2.05) is 44.4 Å². The number of H-pyrrole nitrogens is 1. The molecule has 2 N–H and O–H groups in total. The van der Waals surface area contributed by atoms with Gasteiger partial charge in [-0.2, -0.15) is 5.10 Å². The molecule has 102 valence electrons. The molecule has 2 rings (SSSR count). The van der Waals surface area contributed by atoms with Crippen LogP contribution in [0.3, 0.4) is 0 Å². The van der Waals surface area contributed by atoms with E-state index in [1.54, 1.807) is 6.20 Å². The first-order chi connectivity index (χ1) is 9.24. The van der Waals surface area contributed by atoms with Gasteiger partial charge in [0.1, 0.15) is 12.4 Å². The van der Waals surface area contributed by atoms with Crippen molar-refractivity contribution in [2.75, 3.05) is 32.6 Å². The molecule has 0 saturated heterocycles. The minimum absolute atomic E-state index is 0.691. The minimum atomic E-state index is 0.691. The van der Waals surface area contributed by atoms with Crippen LogP contribution in [0.15, 0.2) is 36.5 Å². The molecule has 0 saturated carbocycles. The van der Waals surface area contributed by atoms with Crippen LogP contribution < -0.4 is 10.1 Å². The molecule has 0 aliphatic carbocycles. The molecule has 5 nitrogen and oxygen atoms in total. The van der Waals surface area contributed by atoms with Crippen molar-refractivity contribution in [3.8, 4) is 5.75 Å². The molecule has 0 fully saturated rings. The molecule has 1 aromatic carbocycles. The molecular weight excluding hydrogens is 240 g/mol. The molecule has 19 heavy (non-hydrogen) atoms. The Labute approximate surface area is 113 Å². The number of nitrogens with zero attached hydrogens (tertiary/aromatic N) is 2. The predicted octanol–water partition coefficient (Wildman–Crippen LogP) is 1.96. The molecule has 0 unspecified atom stereocenters. The summed E-state index contributed by atoms with van der Waals surface area (Å²) < 4.78 is 5.69. The number of ether oxygens (including phenoxy) is 1. The molecule has 0 atom stereocenters. The highest BCUT2D eigenvalue weighted by atomic mass is 16.5. The summed E-state index contributed by atoms with van der Waals surface area (Å²) in [7, 11) is 4.07. The number of aromatic amines is 1. The summed E-state index contributed by atoms with van der Waals surface area (Å²) >= 11 is 0. The highest BCUT2D eigenvalue weighted by Crippen LogP contribution is 2.17. The second-order valence-electron chi connectivity index (χ2n) is 4.62. The van der Waals surface area contributed by atoms with E-state index in [9.17, 15) is 0 Å². The lowest BCUT2D eigenvalue weighted by Crippen LogP contribution is -2.19. The van der Waals surface area contributed by atoms with E-state index in [2.05, 4.69) is 20.4 Å². The fourth-order valence-corrected chi connectivity index (χ4v) is 1.62. The summed E-state index contributed by atoms with van der Waals surface area (Å²) in [5.41, 5.74) is 2.09. The quantitative estimate of drug-likeness (QED) is 0.799. The van der Waals surface area contributed by atoms with Gasteiger partial charge in [0.2, 0.25) is 0 Å². The number of anilines is 1. The van der Waals surface area contributed by atoms with Crippen LogP contribution in [0, 0.1) is 0 Å². The van der Waals surface area contributed by atoms with Gasteiger partial charge in [-0.05, 0) is 32.3 Å². The van der Waals surface area contributed by atoms with Gasteiger partial charge in [0, 0.05) is 24.5 Å². The Hall–Kier alpha value is -2.01. The summed E-state index contributed by atoms with van der Waals surface area (Å²) in [6.45, 7) is 2.32. The average molecular weight is 260 g/mol. The third kappa shape index (κ3) is 4.63. The van der Waals surface area contributed by atoms with E-state index in [-0.39, 0.29) is 0 Å². The maximum atomic E-state index is 5.69. The normalized spacial score (nSPS) is 10.7. The lowest BCUT2D eigenvalue weighted by Gasteiger charge is -2.12. The minimum Gasteiger partial charge on any atom is -0.492 e. The lowest BCUT2D eigenvalue weighted by molar-refractivity contribution is 0.261. The molecule has 0 spiro atoms. The molecule has 5 heteroatoms. The fourth-order valence-electron chi connectivity index (χ4n) is 1.62. The van der Waals surface area contributed by atoms with Gasteiger partial charge in [0.15, 0.2) is 0 Å². The Balaban J connectivity index is 1.84. The van der Waals surface area contributed by atoms with Gasteiger partial charge in [-0.15, -0.1) is 0 Å². The Kier molecular flexibility index (Phi) is 4.80. The second kappa shape index (κ2) is 6.80. The summed E-state index contributed by atoms with van der Waals surface area (Å²) in [5, 5.41) is 10.2. The SMILES string of the molecule is CN(C)CCOc1cccc(NCc2ccn[nH]2)c1. The summed E-state index contributed by atoms with van der Waals surface area (Å²) in [6.07, 6.45) is 1.75. The van der Waals surface area contributed by atoms with Crippen molar-refractivity contribution in [3.05, 3.63) is 42.2 Å². The third-order valence-corrected chi connectivity index (χ3v) is 2.68. The number of aromatic nitrogens is 2. The Morgan fingerprint density at radius 1 is 1.32 bits per heavy atom. The molecule has 1 heterocycles. The molecular formula is C14H20N4O. The Morgan fingerprint density at radius 2 is 2.21 bits per heavy atom. The zero-order valence-corrected chi connectivity index (χ0v) is 11.4. The number of hydrogen-bond donors (Lipinski definition) is 2. The molecule has 1 aromatic heterocycles. The topological polar surface area (TPSA) is 53.2 Å². The maximum absolute atomic E-state index is 5.69. The van der Waals surface area contributed by atoms with Crippen molar-refractivity contribution in [2.45, 2.75) is 6.54 Å². The van der Waals surface area contributed by atoms with E-state index in [1.165, 1.54) is 0 Å². The van der Waals surface area contributed by atoms with Crippen LogP contribution in [0.2, 0.25) is 0 Å². The lowest BCUT2D eigenvalue weighted by atomic mass is 10.3. The number of likely N-dealkylation sites (N-methyl/N-ethyl adjacent to an activating group) is 1. The van der Waals surface area contributed by atoms with Crippen molar-refractivity contribution < 1.29 is 4.74 Å². The Morgan fingerprint density at radius 3 is 2.95 bits per heavy atom. The smallest absolute Gasteiger partial charge is 0.121 e. The number of benzene rings is 1. The number of hydrogen-bond acceptors (Lipinski definition) is 4. The van der Waals surface area contributed by atoms with Crippen molar-refractivity contribution >= 4 is 5.69 Å². The van der Waals surface area contributed by atoms with Crippen LogP contribution in [-0.4, -0.2) is 42.3 Å². The maximum Gasteiger partial charge on any atom is 0.121 e. The third-order valence-electron chi connectivity index (χ3n) is 2.68. The molecule has 2 aromatic rings. The van der Waals surface area contributed by atoms with Crippen LogP contribution >= 0.6 is 0 Å². The van der Waals surface area contributed by atoms with Crippen LogP contribution in [0.4, 0.5) is 5.69 Å². The zero-order valence-electron chi connectivity index (χ0n) is 11.4. The zero-order chi connectivity index (χ0) is 13.5. The van der Waals surface area contributed by atoms with Crippen molar-refractivity contribution in [2.24, 2.45) is 0 Å². The standard InChI is InChI=1S/C14H20N4O/c1-18(2)8-9-19-14-5-3-4-12(10-14)15-11-13-6-7-16-17-13/h3-7,10,15H,8-9,11H2,1-2H3,(H,16,17). The Bertz CT molecular complexity index is 482. The average Bonchev–Trinajstić information content (AvgIpc) is 2.89. The first-order valence-corrected chi connectivity index (χ1v) is 6.34. The van der Waals surface area contributed by atoms with E-state index < -0.39 is 0 Å². The van der Waals surface area contributed by atoms with Gasteiger partial charge in [-0.1, -0.05) is 6.07 Å². The monoisotopic (exact) mass is 260 g/mol. The van der Waals surface area contributed by atoms with Gasteiger partial charge < -0.3 is 15.0 Å². The largest absolute Gasteiger partial charge is 0.492 e. The number of nitrogens with one attached hydrogen (secondary N) is 2. The van der Waals surface area contributed by atoms with E-state index in [0.717, 1.165) is 30.2 Å². The van der Waals surface area contributed by atoms with Crippen LogP contribution in [0.25, 0.3) is 0 Å². The van der Waals surface area contributed by atoms with E-state index in [4.69, 9.17) is 4.74 Å². The van der Waals surface area contributed by atoms with Gasteiger partial charge in [0.25, 0.3) is 0 Å². The van der Waals surface area contributed by atoms with Gasteiger partial charge in [-0.25, -0.2) is 0 Å². The molecule has 0 radical (unpaired) electrons. The van der Waals surface area contributed by atoms with Crippen molar-refractivity contribution in [1.82, 2.24) is 15.1 Å². The summed E-state index contributed by atoms with van der Waals surface area (Å²) in [5.74, 6) is 0.886.